The molecule has 0 spiro atoms. The molecule has 2 aromatic rings. The van der Waals surface area contributed by atoms with E-state index in [1.807, 2.05) is 58.3 Å². The van der Waals surface area contributed by atoms with E-state index in [1.54, 1.807) is 7.11 Å². The molecule has 0 atom stereocenters. The van der Waals surface area contributed by atoms with Crippen LogP contribution in [0, 0.1) is 5.92 Å². The van der Waals surface area contributed by atoms with Gasteiger partial charge in [-0.3, -0.25) is 9.59 Å². The molecule has 6 heteroatoms. The first-order chi connectivity index (χ1) is 15.6. The van der Waals surface area contributed by atoms with E-state index < -0.39 is 0 Å². The molecule has 0 radical (unpaired) electrons. The average Bonchev–Trinajstić information content (AvgIpc) is 3.38. The van der Waals surface area contributed by atoms with Crippen molar-refractivity contribution in [1.29, 1.82) is 0 Å². The third kappa shape index (κ3) is 5.42. The quantitative estimate of drug-likeness (QED) is 0.663. The second kappa shape index (κ2) is 10.5. The number of carbonyl (C=O) groups is 2. The number of amides is 2. The van der Waals surface area contributed by atoms with Crippen molar-refractivity contribution in [2.75, 3.05) is 39.9 Å². The lowest BCUT2D eigenvalue weighted by atomic mass is 9.97. The Morgan fingerprint density at radius 2 is 1.69 bits per heavy atom. The van der Waals surface area contributed by atoms with Crippen molar-refractivity contribution in [1.82, 2.24) is 9.80 Å². The van der Waals surface area contributed by atoms with Crippen LogP contribution in [-0.4, -0.2) is 61.5 Å². The van der Waals surface area contributed by atoms with Crippen LogP contribution in [0.3, 0.4) is 0 Å². The van der Waals surface area contributed by atoms with Crippen LogP contribution in [0.4, 0.5) is 0 Å². The lowest BCUT2D eigenvalue weighted by molar-refractivity contribution is -0.132. The van der Waals surface area contributed by atoms with Crippen LogP contribution in [0.2, 0.25) is 0 Å². The molecule has 4 rings (SSSR count). The Hall–Kier alpha value is -3.02. The second-order valence-corrected chi connectivity index (χ2v) is 8.66. The van der Waals surface area contributed by atoms with Crippen LogP contribution in [0.25, 0.3) is 0 Å². The van der Waals surface area contributed by atoms with Gasteiger partial charge in [0.2, 0.25) is 5.91 Å². The van der Waals surface area contributed by atoms with Gasteiger partial charge in [-0.05, 0) is 61.4 Å². The molecule has 170 valence electrons. The summed E-state index contributed by atoms with van der Waals surface area (Å²) in [6.07, 6.45) is 4.36. The molecule has 0 aliphatic carbocycles. The Morgan fingerprint density at radius 3 is 2.44 bits per heavy atom. The van der Waals surface area contributed by atoms with E-state index >= 15 is 0 Å². The monoisotopic (exact) mass is 436 g/mol. The maximum Gasteiger partial charge on any atom is 0.257 e. The van der Waals surface area contributed by atoms with E-state index in [4.69, 9.17) is 9.47 Å². The fourth-order valence-corrected chi connectivity index (χ4v) is 4.49. The largest absolute Gasteiger partial charge is 0.497 e. The van der Waals surface area contributed by atoms with E-state index in [9.17, 15) is 9.59 Å². The summed E-state index contributed by atoms with van der Waals surface area (Å²) >= 11 is 0. The SMILES string of the molecule is COc1cccc(CC(=O)N2CCC(COc3ccccc3C(=O)N3CCCC3)CC2)c1. The number of rotatable bonds is 7. The first-order valence-electron chi connectivity index (χ1n) is 11.6. The molecule has 2 heterocycles. The van der Waals surface area contributed by atoms with E-state index in [-0.39, 0.29) is 11.8 Å². The maximum absolute atomic E-state index is 12.8. The van der Waals surface area contributed by atoms with Gasteiger partial charge in [0.25, 0.3) is 5.91 Å². The van der Waals surface area contributed by atoms with E-state index in [2.05, 4.69) is 0 Å². The summed E-state index contributed by atoms with van der Waals surface area (Å²) in [4.78, 5) is 29.4. The van der Waals surface area contributed by atoms with Gasteiger partial charge in [-0.1, -0.05) is 24.3 Å². The Labute approximate surface area is 190 Å². The van der Waals surface area contributed by atoms with E-state index in [0.717, 1.165) is 63.2 Å². The fraction of sp³-hybridized carbons (Fsp3) is 0.462. The lowest BCUT2D eigenvalue weighted by Crippen LogP contribution is -2.40. The number of methoxy groups -OCH3 is 1. The van der Waals surface area contributed by atoms with Gasteiger partial charge in [0, 0.05) is 26.2 Å². The second-order valence-electron chi connectivity index (χ2n) is 8.66. The molecular formula is C26H32N2O4. The summed E-state index contributed by atoms with van der Waals surface area (Å²) in [6.45, 7) is 3.71. The number of piperidine rings is 1. The van der Waals surface area contributed by atoms with Crippen molar-refractivity contribution in [2.45, 2.75) is 32.1 Å². The number of carbonyl (C=O) groups excluding carboxylic acids is 2. The van der Waals surface area contributed by atoms with Gasteiger partial charge in [-0.15, -0.1) is 0 Å². The van der Waals surface area contributed by atoms with Gasteiger partial charge in [0.1, 0.15) is 11.5 Å². The van der Waals surface area contributed by atoms with Crippen LogP contribution in [-0.2, 0) is 11.2 Å². The minimum Gasteiger partial charge on any atom is -0.497 e. The number of likely N-dealkylation sites (tertiary alicyclic amines) is 2. The highest BCUT2D eigenvalue weighted by atomic mass is 16.5. The number of benzene rings is 2. The zero-order valence-corrected chi connectivity index (χ0v) is 18.8. The lowest BCUT2D eigenvalue weighted by Gasteiger charge is -2.32. The molecule has 32 heavy (non-hydrogen) atoms. The van der Waals surface area contributed by atoms with Crippen molar-refractivity contribution < 1.29 is 19.1 Å². The third-order valence-electron chi connectivity index (χ3n) is 6.44. The third-order valence-corrected chi connectivity index (χ3v) is 6.44. The Bertz CT molecular complexity index is 931. The number of para-hydroxylation sites is 1. The molecule has 2 amide bonds. The summed E-state index contributed by atoms with van der Waals surface area (Å²) < 4.78 is 11.4. The van der Waals surface area contributed by atoms with Crippen molar-refractivity contribution in [3.8, 4) is 11.5 Å². The number of hydrogen-bond acceptors (Lipinski definition) is 4. The molecule has 0 unspecified atom stereocenters. The molecule has 0 N–H and O–H groups in total. The molecular weight excluding hydrogens is 404 g/mol. The molecule has 2 aliphatic rings. The number of hydrogen-bond donors (Lipinski definition) is 0. The van der Waals surface area contributed by atoms with Gasteiger partial charge in [0.05, 0.1) is 25.7 Å². The van der Waals surface area contributed by atoms with Gasteiger partial charge in [0.15, 0.2) is 0 Å². The van der Waals surface area contributed by atoms with Gasteiger partial charge in [-0.2, -0.15) is 0 Å². The zero-order chi connectivity index (χ0) is 22.3. The number of ether oxygens (including phenoxy) is 2. The van der Waals surface area contributed by atoms with Gasteiger partial charge >= 0.3 is 0 Å². The first-order valence-corrected chi connectivity index (χ1v) is 11.6. The van der Waals surface area contributed by atoms with Crippen LogP contribution < -0.4 is 9.47 Å². The summed E-state index contributed by atoms with van der Waals surface area (Å²) in [7, 11) is 1.63. The predicted octanol–water partition coefficient (Wildman–Crippen LogP) is 3.79. The molecule has 2 fully saturated rings. The fourth-order valence-electron chi connectivity index (χ4n) is 4.49. The molecule has 2 aliphatic heterocycles. The highest BCUT2D eigenvalue weighted by Crippen LogP contribution is 2.25. The highest BCUT2D eigenvalue weighted by Gasteiger charge is 2.25. The van der Waals surface area contributed by atoms with E-state index in [0.29, 0.717) is 30.3 Å². The smallest absolute Gasteiger partial charge is 0.257 e. The summed E-state index contributed by atoms with van der Waals surface area (Å²) in [6, 6.07) is 15.2. The minimum absolute atomic E-state index is 0.0658. The van der Waals surface area contributed by atoms with E-state index in [1.165, 1.54) is 0 Å². The van der Waals surface area contributed by atoms with Crippen molar-refractivity contribution in [3.05, 3.63) is 59.7 Å². The zero-order valence-electron chi connectivity index (χ0n) is 18.8. The maximum atomic E-state index is 12.8. The van der Waals surface area contributed by atoms with Crippen LogP contribution in [0.1, 0.15) is 41.6 Å². The van der Waals surface area contributed by atoms with Crippen molar-refractivity contribution in [2.24, 2.45) is 5.92 Å². The van der Waals surface area contributed by atoms with Crippen LogP contribution in [0.5, 0.6) is 11.5 Å². The van der Waals surface area contributed by atoms with Gasteiger partial charge in [-0.25, -0.2) is 0 Å². The first kappa shape index (κ1) is 22.2. The standard InChI is InChI=1S/C26H32N2O4/c1-31-22-8-6-7-21(17-22)18-25(29)27-15-11-20(12-16-27)19-32-24-10-3-2-9-23(24)26(30)28-13-4-5-14-28/h2-3,6-10,17,20H,4-5,11-16,18-19H2,1H3. The summed E-state index contributed by atoms with van der Waals surface area (Å²) in [5.74, 6) is 2.04. The Kier molecular flexibility index (Phi) is 7.30. The summed E-state index contributed by atoms with van der Waals surface area (Å²) in [5.41, 5.74) is 1.62. The highest BCUT2D eigenvalue weighted by molar-refractivity contribution is 5.97. The molecule has 2 aromatic carbocycles. The average molecular weight is 437 g/mol. The molecule has 2 saturated heterocycles. The predicted molar refractivity (Wildman–Crippen MR) is 123 cm³/mol. The summed E-state index contributed by atoms with van der Waals surface area (Å²) in [5, 5.41) is 0. The van der Waals surface area contributed by atoms with Crippen molar-refractivity contribution >= 4 is 11.8 Å². The Balaban J connectivity index is 1.27. The number of nitrogens with zero attached hydrogens (tertiary/aromatic N) is 2. The normalized spacial score (nSPS) is 16.8. The Morgan fingerprint density at radius 1 is 0.938 bits per heavy atom. The topological polar surface area (TPSA) is 59.1 Å². The van der Waals surface area contributed by atoms with Gasteiger partial charge < -0.3 is 19.3 Å². The van der Waals surface area contributed by atoms with Crippen molar-refractivity contribution in [3.63, 3.8) is 0 Å². The van der Waals surface area contributed by atoms with Crippen LogP contribution >= 0.6 is 0 Å². The van der Waals surface area contributed by atoms with Crippen LogP contribution in [0.15, 0.2) is 48.5 Å². The molecule has 6 nitrogen and oxygen atoms in total. The minimum atomic E-state index is 0.0658. The molecule has 0 aromatic heterocycles. The molecule has 0 bridgehead atoms. The molecule has 0 saturated carbocycles.